The lowest BCUT2D eigenvalue weighted by Gasteiger charge is -2.22. The molecule has 1 aliphatic heterocycles. The summed E-state index contributed by atoms with van der Waals surface area (Å²) >= 11 is 0. The molecule has 0 fully saturated rings. The van der Waals surface area contributed by atoms with Crippen LogP contribution in [0, 0.1) is 0 Å². The van der Waals surface area contributed by atoms with Gasteiger partial charge >= 0.3 is 0 Å². The van der Waals surface area contributed by atoms with Crippen LogP contribution in [0.3, 0.4) is 0 Å². The quantitative estimate of drug-likeness (QED) is 0.818. The molecule has 1 aromatic carbocycles. The van der Waals surface area contributed by atoms with Gasteiger partial charge in [0.1, 0.15) is 0 Å². The average molecular weight is 220 g/mol. The predicted octanol–water partition coefficient (Wildman–Crippen LogP) is 0.769. The van der Waals surface area contributed by atoms with Gasteiger partial charge < -0.3 is 15.0 Å². The van der Waals surface area contributed by atoms with Gasteiger partial charge in [-0.15, -0.1) is 0 Å². The van der Waals surface area contributed by atoms with Crippen LogP contribution in [0.4, 0.5) is 5.69 Å². The van der Waals surface area contributed by atoms with Gasteiger partial charge in [-0.05, 0) is 11.6 Å². The van der Waals surface area contributed by atoms with Gasteiger partial charge in [0, 0.05) is 25.9 Å². The Labute approximate surface area is 95.2 Å². The van der Waals surface area contributed by atoms with Crippen molar-refractivity contribution < 1.29 is 9.53 Å². The Bertz CT molecular complexity index is 379. The van der Waals surface area contributed by atoms with E-state index in [4.69, 9.17) is 4.74 Å². The summed E-state index contributed by atoms with van der Waals surface area (Å²) in [5, 5.41) is 3.13. The number of nitrogens with zero attached hydrogens (tertiary/aromatic N) is 1. The van der Waals surface area contributed by atoms with Crippen molar-refractivity contribution >= 4 is 11.6 Å². The van der Waals surface area contributed by atoms with E-state index in [9.17, 15) is 4.79 Å². The molecular weight excluding hydrogens is 204 g/mol. The summed E-state index contributed by atoms with van der Waals surface area (Å²) in [5.41, 5.74) is 2.15. The maximum absolute atomic E-state index is 11.9. The maximum Gasteiger partial charge on any atom is 0.241 e. The number of ether oxygens (including phenoxy) is 1. The first-order valence-electron chi connectivity index (χ1n) is 5.41. The van der Waals surface area contributed by atoms with Crippen LogP contribution >= 0.6 is 0 Å². The third kappa shape index (κ3) is 2.23. The molecule has 2 rings (SSSR count). The zero-order valence-corrected chi connectivity index (χ0v) is 9.40. The van der Waals surface area contributed by atoms with Crippen LogP contribution in [-0.4, -0.2) is 32.7 Å². The van der Waals surface area contributed by atoms with Gasteiger partial charge in [0.25, 0.3) is 0 Å². The lowest BCUT2D eigenvalue weighted by Crippen LogP contribution is -2.37. The van der Waals surface area contributed by atoms with E-state index in [-0.39, 0.29) is 5.91 Å². The van der Waals surface area contributed by atoms with Crippen LogP contribution < -0.4 is 10.2 Å². The summed E-state index contributed by atoms with van der Waals surface area (Å²) in [4.78, 5) is 13.7. The molecule has 0 aliphatic carbocycles. The molecule has 16 heavy (non-hydrogen) atoms. The number of rotatable bonds is 3. The van der Waals surface area contributed by atoms with Gasteiger partial charge in [0.05, 0.1) is 13.2 Å². The fraction of sp³-hybridized carbons (Fsp3) is 0.417. The SMILES string of the molecule is COCCN1C(=O)CNCc2ccccc21. The summed E-state index contributed by atoms with van der Waals surface area (Å²) in [5.74, 6) is 0.0991. The molecule has 0 spiro atoms. The van der Waals surface area contributed by atoms with Crippen LogP contribution in [0.25, 0.3) is 0 Å². The number of benzene rings is 1. The molecule has 0 radical (unpaired) electrons. The number of para-hydroxylation sites is 1. The van der Waals surface area contributed by atoms with Gasteiger partial charge in [-0.25, -0.2) is 0 Å². The third-order valence-electron chi connectivity index (χ3n) is 2.69. The molecule has 0 saturated carbocycles. The smallest absolute Gasteiger partial charge is 0.241 e. The van der Waals surface area contributed by atoms with Crippen molar-refractivity contribution in [2.45, 2.75) is 6.54 Å². The van der Waals surface area contributed by atoms with Crippen molar-refractivity contribution in [1.29, 1.82) is 0 Å². The second kappa shape index (κ2) is 5.09. The van der Waals surface area contributed by atoms with Gasteiger partial charge in [-0.2, -0.15) is 0 Å². The lowest BCUT2D eigenvalue weighted by atomic mass is 10.1. The van der Waals surface area contributed by atoms with Crippen LogP contribution in [0.15, 0.2) is 24.3 Å². The second-order valence-electron chi connectivity index (χ2n) is 3.77. The monoisotopic (exact) mass is 220 g/mol. The Morgan fingerprint density at radius 2 is 2.19 bits per heavy atom. The molecule has 1 amide bonds. The predicted molar refractivity (Wildman–Crippen MR) is 62.4 cm³/mol. The van der Waals surface area contributed by atoms with E-state index in [1.54, 1.807) is 12.0 Å². The lowest BCUT2D eigenvalue weighted by molar-refractivity contribution is -0.117. The maximum atomic E-state index is 11.9. The summed E-state index contributed by atoms with van der Waals surface area (Å²) < 4.78 is 5.03. The average Bonchev–Trinajstić information content (AvgIpc) is 2.46. The minimum absolute atomic E-state index is 0.0991. The van der Waals surface area contributed by atoms with Gasteiger partial charge in [-0.3, -0.25) is 4.79 Å². The molecule has 86 valence electrons. The molecular formula is C12H16N2O2. The van der Waals surface area contributed by atoms with Crippen molar-refractivity contribution in [2.24, 2.45) is 0 Å². The van der Waals surface area contributed by atoms with Crippen LogP contribution in [-0.2, 0) is 16.1 Å². The van der Waals surface area contributed by atoms with Crippen LogP contribution in [0.5, 0.6) is 0 Å². The van der Waals surface area contributed by atoms with Crippen molar-refractivity contribution in [2.75, 3.05) is 31.7 Å². The van der Waals surface area contributed by atoms with Gasteiger partial charge in [0.2, 0.25) is 5.91 Å². The van der Waals surface area contributed by atoms with E-state index in [0.717, 1.165) is 17.8 Å². The summed E-state index contributed by atoms with van der Waals surface area (Å²) in [6, 6.07) is 7.97. The largest absolute Gasteiger partial charge is 0.383 e. The highest BCUT2D eigenvalue weighted by Crippen LogP contribution is 2.22. The number of hydrogen-bond acceptors (Lipinski definition) is 3. The number of carbonyl (C=O) groups is 1. The number of methoxy groups -OCH3 is 1. The summed E-state index contributed by atoms with van der Waals surface area (Å²) in [6.07, 6.45) is 0. The molecule has 1 N–H and O–H groups in total. The highest BCUT2D eigenvalue weighted by molar-refractivity contribution is 5.96. The summed E-state index contributed by atoms with van der Waals surface area (Å²) in [6.45, 7) is 2.29. The molecule has 4 heteroatoms. The van der Waals surface area contributed by atoms with Crippen LogP contribution in [0.1, 0.15) is 5.56 Å². The number of nitrogens with one attached hydrogen (secondary N) is 1. The van der Waals surface area contributed by atoms with E-state index in [1.807, 2.05) is 24.3 Å². The molecule has 4 nitrogen and oxygen atoms in total. The van der Waals surface area contributed by atoms with Gasteiger partial charge in [0.15, 0.2) is 0 Å². The standard InChI is InChI=1S/C12H16N2O2/c1-16-7-6-14-11-5-3-2-4-10(11)8-13-9-12(14)15/h2-5,13H,6-9H2,1H3. The topological polar surface area (TPSA) is 41.6 Å². The molecule has 0 aromatic heterocycles. The minimum atomic E-state index is 0.0991. The minimum Gasteiger partial charge on any atom is -0.383 e. The molecule has 0 saturated heterocycles. The Balaban J connectivity index is 2.28. The number of hydrogen-bond donors (Lipinski definition) is 1. The van der Waals surface area contributed by atoms with E-state index >= 15 is 0 Å². The third-order valence-corrected chi connectivity index (χ3v) is 2.69. The fourth-order valence-electron chi connectivity index (χ4n) is 1.89. The van der Waals surface area contributed by atoms with E-state index in [1.165, 1.54) is 0 Å². The summed E-state index contributed by atoms with van der Waals surface area (Å²) in [7, 11) is 1.65. The second-order valence-corrected chi connectivity index (χ2v) is 3.77. The molecule has 0 unspecified atom stereocenters. The molecule has 1 aromatic rings. The highest BCUT2D eigenvalue weighted by Gasteiger charge is 2.20. The normalized spacial score (nSPS) is 15.8. The first-order chi connectivity index (χ1) is 7.83. The molecule has 1 heterocycles. The fourth-order valence-corrected chi connectivity index (χ4v) is 1.89. The Hall–Kier alpha value is -1.39. The highest BCUT2D eigenvalue weighted by atomic mass is 16.5. The van der Waals surface area contributed by atoms with Crippen molar-refractivity contribution in [3.63, 3.8) is 0 Å². The van der Waals surface area contributed by atoms with E-state index in [0.29, 0.717) is 19.7 Å². The molecule has 0 atom stereocenters. The molecule has 0 bridgehead atoms. The number of amides is 1. The number of anilines is 1. The van der Waals surface area contributed by atoms with Crippen molar-refractivity contribution in [1.82, 2.24) is 5.32 Å². The van der Waals surface area contributed by atoms with Crippen LogP contribution in [0.2, 0.25) is 0 Å². The Kier molecular flexibility index (Phi) is 3.54. The molecule has 1 aliphatic rings. The zero-order chi connectivity index (χ0) is 11.4. The van der Waals surface area contributed by atoms with Crippen molar-refractivity contribution in [3.8, 4) is 0 Å². The van der Waals surface area contributed by atoms with Crippen molar-refractivity contribution in [3.05, 3.63) is 29.8 Å². The zero-order valence-electron chi connectivity index (χ0n) is 9.40. The number of fused-ring (bicyclic) bond motifs is 1. The first-order valence-corrected chi connectivity index (χ1v) is 5.41. The van der Waals surface area contributed by atoms with E-state index in [2.05, 4.69) is 5.32 Å². The Morgan fingerprint density at radius 3 is 3.00 bits per heavy atom. The first kappa shape index (κ1) is 11.1. The Morgan fingerprint density at radius 1 is 1.38 bits per heavy atom. The number of carbonyl (C=O) groups excluding carboxylic acids is 1. The van der Waals surface area contributed by atoms with Gasteiger partial charge in [-0.1, -0.05) is 18.2 Å². The van der Waals surface area contributed by atoms with E-state index < -0.39 is 0 Å².